The predicted octanol–water partition coefficient (Wildman–Crippen LogP) is 1.88. The predicted molar refractivity (Wildman–Crippen MR) is 131 cm³/mol. The van der Waals surface area contributed by atoms with Crippen LogP contribution in [-0.2, 0) is 0 Å². The number of aliphatic hydroxyl groups is 1. The van der Waals surface area contributed by atoms with Crippen LogP contribution >= 0.6 is 0 Å². The van der Waals surface area contributed by atoms with Crippen molar-refractivity contribution in [3.8, 4) is 6.07 Å². The number of fused-ring (bicyclic) bond motifs is 5. The third-order valence-electron chi connectivity index (χ3n) is 9.86. The molecule has 4 rings (SSSR count). The van der Waals surface area contributed by atoms with Gasteiger partial charge in [0.2, 0.25) is 0 Å². The van der Waals surface area contributed by atoms with E-state index in [0.717, 1.165) is 48.6 Å². The maximum atomic E-state index is 10.7. The van der Waals surface area contributed by atoms with E-state index in [-0.39, 0.29) is 69.7 Å². The fraction of sp³-hybridized carbons (Fsp3) is 0.778. The molecule has 0 aromatic carbocycles. The molecule has 6 heteroatoms. The van der Waals surface area contributed by atoms with Crippen molar-refractivity contribution in [1.82, 2.24) is 5.32 Å². The molecule has 5 nitrogen and oxygen atoms in total. The summed E-state index contributed by atoms with van der Waals surface area (Å²) in [5.41, 5.74) is 1.30. The molecule has 4 saturated carbocycles. The number of hydrogen-bond acceptors (Lipinski definition) is 4. The minimum atomic E-state index is -0.477. The summed E-state index contributed by atoms with van der Waals surface area (Å²) in [7, 11) is 0. The van der Waals surface area contributed by atoms with Crippen LogP contribution in [0.15, 0.2) is 11.8 Å². The van der Waals surface area contributed by atoms with Gasteiger partial charge in [-0.25, -0.2) is 0 Å². The average molecular weight is 483 g/mol. The number of rotatable bonds is 4. The topological polar surface area (TPSA) is 111 Å². The van der Waals surface area contributed by atoms with Gasteiger partial charge in [0, 0.05) is 18.2 Å². The number of nitrogens with zero attached hydrogens (tertiary/aromatic N) is 1. The molecule has 33 heavy (non-hydrogen) atoms. The van der Waals surface area contributed by atoms with Crippen LogP contribution < -0.4 is 56.7 Å². The Labute approximate surface area is 244 Å². The Morgan fingerprint density at radius 3 is 2.39 bits per heavy atom. The van der Waals surface area contributed by atoms with E-state index in [0.29, 0.717) is 23.5 Å². The maximum Gasteiger partial charge on any atom is 1.00 e. The standard InChI is InChI=1S/C26H40N3O.CH3.K.H2O/c1-17(13-27)14-29-15-23(28)22-6-5-21-19-7-10-24(2)16-25(3,30)11-9-20(24)18(19)8-12-26(21,22)4;;;/h14,18-22,28-30H,1,5-12,15-16H2,2-4H3;1H3;;1H2/q2*-1;+1;/b17-14+,28-23?;;;/t18?,19?,20?,21?,22?,24?,25-,26?;;;/m1.../s1. The second kappa shape index (κ2) is 11.5. The van der Waals surface area contributed by atoms with Crippen molar-refractivity contribution in [2.45, 2.75) is 84.2 Å². The van der Waals surface area contributed by atoms with Crippen LogP contribution in [-0.4, -0.2) is 28.4 Å². The molecule has 0 bridgehead atoms. The second-order valence-corrected chi connectivity index (χ2v) is 11.8. The molecule has 0 heterocycles. The first-order valence-corrected chi connectivity index (χ1v) is 12.0. The Morgan fingerprint density at radius 1 is 1.09 bits per heavy atom. The fourth-order valence-electron chi connectivity index (χ4n) is 8.65. The second-order valence-electron chi connectivity index (χ2n) is 11.8. The molecular formula is C27H45KN3O2-. The van der Waals surface area contributed by atoms with E-state index in [9.17, 15) is 5.11 Å². The first-order valence-electron chi connectivity index (χ1n) is 12.0. The molecule has 0 amide bonds. The maximum absolute atomic E-state index is 10.7. The first kappa shape index (κ1) is 31.2. The van der Waals surface area contributed by atoms with E-state index in [4.69, 9.17) is 10.7 Å². The minimum Gasteiger partial charge on any atom is -0.437 e. The Balaban J connectivity index is 0.00000181. The van der Waals surface area contributed by atoms with Gasteiger partial charge in [0.15, 0.2) is 0 Å². The van der Waals surface area contributed by atoms with Crippen LogP contribution in [0, 0.1) is 71.5 Å². The Kier molecular flexibility index (Phi) is 10.8. The van der Waals surface area contributed by atoms with Crippen molar-refractivity contribution >= 4 is 5.71 Å². The van der Waals surface area contributed by atoms with Crippen LogP contribution in [0.25, 0.3) is 0 Å². The van der Waals surface area contributed by atoms with E-state index in [1.54, 1.807) is 6.20 Å². The molecule has 4 aliphatic rings. The van der Waals surface area contributed by atoms with Crippen molar-refractivity contribution < 1.29 is 62.0 Å². The van der Waals surface area contributed by atoms with E-state index in [2.05, 4.69) is 26.1 Å². The molecule has 182 valence electrons. The Hall–Kier alpha value is 0.126. The van der Waals surface area contributed by atoms with Gasteiger partial charge in [-0.15, -0.1) is 5.57 Å². The summed E-state index contributed by atoms with van der Waals surface area (Å²) in [4.78, 5) is 0. The van der Waals surface area contributed by atoms with Gasteiger partial charge in [-0.1, -0.05) is 26.1 Å². The van der Waals surface area contributed by atoms with Crippen molar-refractivity contribution in [3.05, 3.63) is 26.1 Å². The van der Waals surface area contributed by atoms with Gasteiger partial charge in [0.25, 0.3) is 0 Å². The molecular weight excluding hydrogens is 437 g/mol. The summed E-state index contributed by atoms with van der Waals surface area (Å²) in [5.74, 6) is 3.50. The first-order chi connectivity index (χ1) is 14.1. The summed E-state index contributed by atoms with van der Waals surface area (Å²) in [6.45, 7) is 11.2. The molecule has 0 aliphatic heterocycles. The Bertz CT molecular complexity index is 776. The number of allylic oxidation sites excluding steroid dienone is 1. The van der Waals surface area contributed by atoms with Crippen LogP contribution in [0.1, 0.15) is 78.6 Å². The fourth-order valence-corrected chi connectivity index (χ4v) is 8.65. The van der Waals surface area contributed by atoms with Gasteiger partial charge < -0.3 is 28.7 Å². The van der Waals surface area contributed by atoms with Gasteiger partial charge in [0.05, 0.1) is 5.60 Å². The third kappa shape index (κ3) is 5.76. The summed E-state index contributed by atoms with van der Waals surface area (Å²) in [6, 6.07) is 2.02. The zero-order valence-electron chi connectivity index (χ0n) is 21.6. The molecule has 4 aliphatic carbocycles. The quantitative estimate of drug-likeness (QED) is 0.246. The van der Waals surface area contributed by atoms with Crippen molar-refractivity contribution in [1.29, 1.82) is 10.7 Å². The number of nitrogens with one attached hydrogen (secondary N) is 2. The molecule has 5 N–H and O–H groups in total. The Morgan fingerprint density at radius 2 is 1.73 bits per heavy atom. The monoisotopic (exact) mass is 482 g/mol. The summed E-state index contributed by atoms with van der Waals surface area (Å²) in [5, 5.41) is 31.5. The molecule has 0 aromatic heterocycles. The number of hydrogen-bond donors (Lipinski definition) is 3. The molecule has 4 fully saturated rings. The van der Waals surface area contributed by atoms with Crippen molar-refractivity contribution in [2.75, 3.05) is 6.54 Å². The van der Waals surface area contributed by atoms with E-state index < -0.39 is 5.60 Å². The van der Waals surface area contributed by atoms with Crippen LogP contribution in [0.2, 0.25) is 0 Å². The zero-order valence-corrected chi connectivity index (χ0v) is 24.8. The smallest absolute Gasteiger partial charge is 0.437 e. The number of nitriles is 1. The molecule has 7 unspecified atom stereocenters. The molecule has 0 spiro atoms. The minimum absolute atomic E-state index is 0. The zero-order chi connectivity index (χ0) is 21.7. The summed E-state index contributed by atoms with van der Waals surface area (Å²) >= 11 is 0. The largest absolute Gasteiger partial charge is 1.00 e. The van der Waals surface area contributed by atoms with Gasteiger partial charge in [-0.3, -0.25) is 5.26 Å². The molecule has 8 atom stereocenters. The van der Waals surface area contributed by atoms with Gasteiger partial charge >= 0.3 is 51.4 Å². The van der Waals surface area contributed by atoms with E-state index in [1.807, 2.05) is 13.0 Å². The average Bonchev–Trinajstić information content (AvgIpc) is 3.03. The van der Waals surface area contributed by atoms with Gasteiger partial charge in [0.1, 0.15) is 0 Å². The van der Waals surface area contributed by atoms with Crippen LogP contribution in [0.5, 0.6) is 0 Å². The normalized spacial score (nSPS) is 43.7. The van der Waals surface area contributed by atoms with Crippen LogP contribution in [0.3, 0.4) is 0 Å². The van der Waals surface area contributed by atoms with Crippen LogP contribution in [0.4, 0.5) is 0 Å². The molecule has 0 aromatic rings. The van der Waals surface area contributed by atoms with Gasteiger partial charge in [-0.2, -0.15) is 6.92 Å². The molecule has 0 saturated heterocycles. The molecule has 0 radical (unpaired) electrons. The summed E-state index contributed by atoms with van der Waals surface area (Å²) < 4.78 is 0. The summed E-state index contributed by atoms with van der Waals surface area (Å²) in [6.07, 6.45) is 12.3. The van der Waals surface area contributed by atoms with Crippen molar-refractivity contribution in [2.24, 2.45) is 40.4 Å². The van der Waals surface area contributed by atoms with E-state index in [1.165, 1.54) is 38.5 Å². The van der Waals surface area contributed by atoms with Crippen molar-refractivity contribution in [3.63, 3.8) is 0 Å². The van der Waals surface area contributed by atoms with Gasteiger partial charge in [-0.05, 0) is 99.2 Å². The third-order valence-corrected chi connectivity index (χ3v) is 9.86. The van der Waals surface area contributed by atoms with E-state index >= 15 is 0 Å². The SMILES string of the molecule is O.[CH2-]/C(C#N)=C\NCC(=N)C1CCC2C3CCC4(C)C[C@](C)(O)CCC4C3CCC12C.[CH3-].[K+].